The lowest BCUT2D eigenvalue weighted by molar-refractivity contribution is -0.116. The van der Waals surface area contributed by atoms with E-state index in [9.17, 15) is 14.7 Å². The normalized spacial score (nSPS) is 21.0. The summed E-state index contributed by atoms with van der Waals surface area (Å²) in [6.07, 6.45) is 2.02. The first-order valence-electron chi connectivity index (χ1n) is 8.96. The van der Waals surface area contributed by atoms with E-state index in [0.29, 0.717) is 28.7 Å². The number of Topliss-reactive ketones (excluding diaryl/α,β-unsaturated/α-hetero) is 2. The second-order valence-electron chi connectivity index (χ2n) is 7.09. The number of nitrogens with one attached hydrogen (secondary N) is 1. The van der Waals surface area contributed by atoms with E-state index in [1.807, 2.05) is 24.3 Å². The summed E-state index contributed by atoms with van der Waals surface area (Å²) in [4.78, 5) is 26.1. The molecule has 3 aliphatic rings. The third-order valence-corrected chi connectivity index (χ3v) is 6.06. The van der Waals surface area contributed by atoms with Gasteiger partial charge in [-0.2, -0.15) is 0 Å². The molecule has 0 saturated carbocycles. The molecule has 0 aromatic heterocycles. The number of phenols is 1. The number of fused-ring (bicyclic) bond motifs is 2. The van der Waals surface area contributed by atoms with Crippen molar-refractivity contribution in [3.05, 3.63) is 80.5 Å². The van der Waals surface area contributed by atoms with E-state index >= 15 is 0 Å². The van der Waals surface area contributed by atoms with Crippen LogP contribution in [0, 0.1) is 0 Å². The van der Waals surface area contributed by atoms with Crippen LogP contribution in [0.15, 0.2) is 63.8 Å². The SMILES string of the molecule is O=C1CCCC2=C1[C@H](c1cc(Br)ccc1O)C1=C(N2)c2ccccc2C1=O. The zero-order valence-electron chi connectivity index (χ0n) is 14.4. The molecule has 2 aromatic rings. The number of carbonyl (C=O) groups excluding carboxylic acids is 2. The van der Waals surface area contributed by atoms with Crippen molar-refractivity contribution in [2.45, 2.75) is 25.2 Å². The van der Waals surface area contributed by atoms with Crippen molar-refractivity contribution in [1.82, 2.24) is 5.32 Å². The van der Waals surface area contributed by atoms with Gasteiger partial charge in [-0.05, 0) is 31.0 Å². The Morgan fingerprint density at radius 1 is 1.00 bits per heavy atom. The van der Waals surface area contributed by atoms with E-state index in [0.717, 1.165) is 34.3 Å². The van der Waals surface area contributed by atoms with Crippen LogP contribution < -0.4 is 5.32 Å². The maximum absolute atomic E-state index is 13.3. The van der Waals surface area contributed by atoms with Crippen LogP contribution in [0.5, 0.6) is 5.75 Å². The number of phenolic OH excluding ortho intramolecular Hbond substituents is 1. The molecule has 1 atom stereocenters. The summed E-state index contributed by atoms with van der Waals surface area (Å²) in [6.45, 7) is 0. The molecule has 27 heavy (non-hydrogen) atoms. The van der Waals surface area contributed by atoms with Gasteiger partial charge in [-0.3, -0.25) is 9.59 Å². The van der Waals surface area contributed by atoms with Crippen molar-refractivity contribution < 1.29 is 14.7 Å². The molecule has 134 valence electrons. The molecule has 0 saturated heterocycles. The smallest absolute Gasteiger partial charge is 0.192 e. The van der Waals surface area contributed by atoms with E-state index in [4.69, 9.17) is 0 Å². The molecule has 4 nitrogen and oxygen atoms in total. The molecule has 1 aliphatic heterocycles. The Morgan fingerprint density at radius 2 is 1.78 bits per heavy atom. The van der Waals surface area contributed by atoms with Gasteiger partial charge in [-0.25, -0.2) is 0 Å². The standard InChI is InChI=1S/C22H16BrNO3/c23-11-8-9-16(25)14(10-11)18-19-15(6-3-7-17(19)26)24-21-12-4-1-2-5-13(12)22(27)20(18)21/h1-2,4-5,8-10,18,24-25H,3,6-7H2/t18-/m0/s1. The number of hydrogen-bond acceptors (Lipinski definition) is 4. The average molecular weight is 422 g/mol. The van der Waals surface area contributed by atoms with Gasteiger partial charge in [0, 0.05) is 50.3 Å². The monoisotopic (exact) mass is 421 g/mol. The number of aromatic hydroxyl groups is 1. The molecule has 0 spiro atoms. The van der Waals surface area contributed by atoms with Crippen molar-refractivity contribution in [3.63, 3.8) is 0 Å². The van der Waals surface area contributed by atoms with Gasteiger partial charge in [-0.1, -0.05) is 40.2 Å². The van der Waals surface area contributed by atoms with Crippen molar-refractivity contribution in [2.75, 3.05) is 0 Å². The molecule has 2 N–H and O–H groups in total. The van der Waals surface area contributed by atoms with E-state index in [-0.39, 0.29) is 17.3 Å². The number of ketones is 2. The molecule has 0 radical (unpaired) electrons. The fourth-order valence-electron chi connectivity index (χ4n) is 4.40. The Hall–Kier alpha value is -2.66. The van der Waals surface area contributed by atoms with E-state index < -0.39 is 5.92 Å². The highest BCUT2D eigenvalue weighted by molar-refractivity contribution is 9.10. The summed E-state index contributed by atoms with van der Waals surface area (Å²) in [6, 6.07) is 12.6. The summed E-state index contributed by atoms with van der Waals surface area (Å²) in [5.41, 5.74) is 4.91. The van der Waals surface area contributed by atoms with Gasteiger partial charge in [0.05, 0.1) is 5.70 Å². The quantitative estimate of drug-likeness (QED) is 0.713. The highest BCUT2D eigenvalue weighted by Crippen LogP contribution is 2.50. The second-order valence-corrected chi connectivity index (χ2v) is 8.01. The molecule has 2 aliphatic carbocycles. The minimum atomic E-state index is -0.554. The zero-order valence-corrected chi connectivity index (χ0v) is 16.0. The van der Waals surface area contributed by atoms with Gasteiger partial charge >= 0.3 is 0 Å². The molecule has 0 fully saturated rings. The molecule has 5 heteroatoms. The second kappa shape index (κ2) is 5.92. The van der Waals surface area contributed by atoms with Crippen molar-refractivity contribution in [2.24, 2.45) is 0 Å². The first kappa shape index (κ1) is 16.5. The topological polar surface area (TPSA) is 66.4 Å². The Bertz CT molecular complexity index is 1100. The van der Waals surface area contributed by atoms with Crippen molar-refractivity contribution in [1.29, 1.82) is 0 Å². The number of hydrogen-bond donors (Lipinski definition) is 2. The number of rotatable bonds is 1. The summed E-state index contributed by atoms with van der Waals surface area (Å²) < 4.78 is 0.796. The molecule has 0 amide bonds. The number of dihydropyridines is 1. The minimum absolute atomic E-state index is 0.0448. The Balaban J connectivity index is 1.80. The lowest BCUT2D eigenvalue weighted by atomic mass is 9.74. The third kappa shape index (κ3) is 2.34. The molecule has 2 aromatic carbocycles. The maximum atomic E-state index is 13.3. The van der Waals surface area contributed by atoms with Crippen LogP contribution in [0.2, 0.25) is 0 Å². The molecule has 1 heterocycles. The van der Waals surface area contributed by atoms with Gasteiger partial charge in [0.25, 0.3) is 0 Å². The fourth-order valence-corrected chi connectivity index (χ4v) is 4.78. The summed E-state index contributed by atoms with van der Waals surface area (Å²) >= 11 is 3.45. The van der Waals surface area contributed by atoms with Crippen molar-refractivity contribution in [3.8, 4) is 5.75 Å². The number of benzene rings is 2. The van der Waals surface area contributed by atoms with Crippen molar-refractivity contribution >= 4 is 33.2 Å². The summed E-state index contributed by atoms with van der Waals surface area (Å²) in [7, 11) is 0. The van der Waals surface area contributed by atoms with Crippen LogP contribution in [0.25, 0.3) is 5.70 Å². The molecular weight excluding hydrogens is 406 g/mol. The Kier molecular flexibility index (Phi) is 3.62. The minimum Gasteiger partial charge on any atom is -0.508 e. The largest absolute Gasteiger partial charge is 0.508 e. The predicted octanol–water partition coefficient (Wildman–Crippen LogP) is 4.46. The van der Waals surface area contributed by atoms with E-state index in [1.54, 1.807) is 18.2 Å². The Labute approximate surface area is 164 Å². The van der Waals surface area contributed by atoms with Gasteiger partial charge in [0.1, 0.15) is 5.75 Å². The number of carbonyl (C=O) groups is 2. The Morgan fingerprint density at radius 3 is 2.59 bits per heavy atom. The van der Waals surface area contributed by atoms with Gasteiger partial charge in [-0.15, -0.1) is 0 Å². The fraction of sp³-hybridized carbons (Fsp3) is 0.182. The summed E-state index contributed by atoms with van der Waals surface area (Å²) in [5.74, 6) is -0.502. The molecule has 5 rings (SSSR count). The van der Waals surface area contributed by atoms with E-state index in [1.165, 1.54) is 0 Å². The first-order valence-corrected chi connectivity index (χ1v) is 9.75. The van der Waals surface area contributed by atoms with Gasteiger partial charge in [0.2, 0.25) is 0 Å². The first-order chi connectivity index (χ1) is 13.1. The van der Waals surface area contributed by atoms with Crippen LogP contribution in [-0.4, -0.2) is 16.7 Å². The van der Waals surface area contributed by atoms with Crippen LogP contribution in [0.4, 0.5) is 0 Å². The zero-order chi connectivity index (χ0) is 18.7. The molecule has 0 bridgehead atoms. The van der Waals surface area contributed by atoms with Gasteiger partial charge in [0.15, 0.2) is 11.6 Å². The molecule has 0 unspecified atom stereocenters. The van der Waals surface area contributed by atoms with Gasteiger partial charge < -0.3 is 10.4 Å². The lowest BCUT2D eigenvalue weighted by Crippen LogP contribution is -2.31. The van der Waals surface area contributed by atoms with Crippen LogP contribution in [-0.2, 0) is 4.79 Å². The predicted molar refractivity (Wildman–Crippen MR) is 105 cm³/mol. The molecular formula is C22H16BrNO3. The van der Waals surface area contributed by atoms with E-state index in [2.05, 4.69) is 21.2 Å². The summed E-state index contributed by atoms with van der Waals surface area (Å²) in [5, 5.41) is 14.0. The highest BCUT2D eigenvalue weighted by atomic mass is 79.9. The van der Waals surface area contributed by atoms with Crippen LogP contribution >= 0.6 is 15.9 Å². The third-order valence-electron chi connectivity index (χ3n) is 5.56. The lowest BCUT2D eigenvalue weighted by Gasteiger charge is -2.33. The van der Waals surface area contributed by atoms with Crippen LogP contribution in [0.3, 0.4) is 0 Å². The average Bonchev–Trinajstić information content (AvgIpc) is 2.95. The number of allylic oxidation sites excluding steroid dienone is 3. The maximum Gasteiger partial charge on any atom is 0.192 e. The van der Waals surface area contributed by atoms with Crippen LogP contribution in [0.1, 0.15) is 46.7 Å². The number of halogens is 1. The highest BCUT2D eigenvalue weighted by Gasteiger charge is 2.44.